The van der Waals surface area contributed by atoms with Crippen LogP contribution in [0.1, 0.15) is 15.9 Å². The minimum atomic E-state index is -0.354. The lowest BCUT2D eigenvalue weighted by Crippen LogP contribution is -2.11. The highest BCUT2D eigenvalue weighted by Crippen LogP contribution is 2.25. The van der Waals surface area contributed by atoms with Crippen LogP contribution in [0, 0.1) is 6.92 Å². The first-order valence-corrected chi connectivity index (χ1v) is 6.35. The summed E-state index contributed by atoms with van der Waals surface area (Å²) in [6.07, 6.45) is 0. The standard InChI is InChI=1S/C14H12BrNO3/c1-8-4-10(15)7-11(5-8)16-14(19)9-2-3-12(17)13(18)6-9/h2-7,17-18H,1H3,(H,16,19). The van der Waals surface area contributed by atoms with Crippen molar-refractivity contribution in [3.8, 4) is 11.5 Å². The number of anilines is 1. The summed E-state index contributed by atoms with van der Waals surface area (Å²) in [5.74, 6) is -0.930. The minimum Gasteiger partial charge on any atom is -0.504 e. The zero-order valence-corrected chi connectivity index (χ0v) is 11.7. The lowest BCUT2D eigenvalue weighted by Gasteiger charge is -2.07. The fraction of sp³-hybridized carbons (Fsp3) is 0.0714. The van der Waals surface area contributed by atoms with Gasteiger partial charge in [0.15, 0.2) is 11.5 Å². The number of phenols is 2. The molecule has 2 rings (SSSR count). The Bertz CT molecular complexity index is 620. The predicted octanol–water partition coefficient (Wildman–Crippen LogP) is 3.42. The topological polar surface area (TPSA) is 69.6 Å². The quantitative estimate of drug-likeness (QED) is 0.742. The van der Waals surface area contributed by atoms with Crippen molar-refractivity contribution in [3.05, 3.63) is 52.0 Å². The molecule has 0 heterocycles. The molecule has 0 fully saturated rings. The maximum absolute atomic E-state index is 12.0. The van der Waals surface area contributed by atoms with E-state index in [9.17, 15) is 15.0 Å². The SMILES string of the molecule is Cc1cc(Br)cc(NC(=O)c2ccc(O)c(O)c2)c1. The maximum Gasteiger partial charge on any atom is 0.255 e. The number of rotatable bonds is 2. The van der Waals surface area contributed by atoms with Crippen LogP contribution in [0.5, 0.6) is 11.5 Å². The molecule has 0 aliphatic heterocycles. The summed E-state index contributed by atoms with van der Waals surface area (Å²) >= 11 is 3.36. The Labute approximate surface area is 118 Å². The molecule has 1 amide bonds. The molecule has 0 aliphatic rings. The number of amides is 1. The first-order valence-electron chi connectivity index (χ1n) is 5.56. The highest BCUT2D eigenvalue weighted by Gasteiger charge is 2.09. The van der Waals surface area contributed by atoms with Gasteiger partial charge < -0.3 is 15.5 Å². The Morgan fingerprint density at radius 2 is 1.84 bits per heavy atom. The van der Waals surface area contributed by atoms with Crippen molar-refractivity contribution in [2.24, 2.45) is 0 Å². The van der Waals surface area contributed by atoms with Crippen molar-refractivity contribution in [1.29, 1.82) is 0 Å². The number of benzene rings is 2. The smallest absolute Gasteiger partial charge is 0.255 e. The highest BCUT2D eigenvalue weighted by atomic mass is 79.9. The van der Waals surface area contributed by atoms with E-state index in [1.54, 1.807) is 6.07 Å². The summed E-state index contributed by atoms with van der Waals surface area (Å²) in [5.41, 5.74) is 1.94. The molecule has 0 unspecified atom stereocenters. The van der Waals surface area contributed by atoms with Gasteiger partial charge >= 0.3 is 0 Å². The molecule has 0 bridgehead atoms. The lowest BCUT2D eigenvalue weighted by atomic mass is 10.1. The predicted molar refractivity (Wildman–Crippen MR) is 76.6 cm³/mol. The van der Waals surface area contributed by atoms with E-state index in [4.69, 9.17) is 0 Å². The second-order valence-electron chi connectivity index (χ2n) is 4.17. The number of carbonyl (C=O) groups excluding carboxylic acids is 1. The Hall–Kier alpha value is -2.01. The van der Waals surface area contributed by atoms with Gasteiger partial charge in [0, 0.05) is 15.7 Å². The Morgan fingerprint density at radius 3 is 2.47 bits per heavy atom. The molecule has 4 nitrogen and oxygen atoms in total. The first-order chi connectivity index (χ1) is 8.95. The summed E-state index contributed by atoms with van der Waals surface area (Å²) in [7, 11) is 0. The molecule has 5 heteroatoms. The summed E-state index contributed by atoms with van der Waals surface area (Å²) in [6, 6.07) is 9.48. The van der Waals surface area contributed by atoms with Crippen LogP contribution in [-0.4, -0.2) is 16.1 Å². The molecule has 19 heavy (non-hydrogen) atoms. The van der Waals surface area contributed by atoms with E-state index in [1.807, 2.05) is 19.1 Å². The lowest BCUT2D eigenvalue weighted by molar-refractivity contribution is 0.102. The number of nitrogens with one attached hydrogen (secondary N) is 1. The summed E-state index contributed by atoms with van der Waals surface area (Å²) in [4.78, 5) is 12.0. The Morgan fingerprint density at radius 1 is 1.11 bits per heavy atom. The van der Waals surface area contributed by atoms with Gasteiger partial charge in [0.1, 0.15) is 0 Å². The highest BCUT2D eigenvalue weighted by molar-refractivity contribution is 9.10. The largest absolute Gasteiger partial charge is 0.504 e. The maximum atomic E-state index is 12.0. The molecule has 0 spiro atoms. The third-order valence-corrected chi connectivity index (χ3v) is 3.00. The molecule has 0 radical (unpaired) electrons. The van der Waals surface area contributed by atoms with Crippen LogP contribution in [0.15, 0.2) is 40.9 Å². The van der Waals surface area contributed by atoms with Crippen molar-refractivity contribution < 1.29 is 15.0 Å². The van der Waals surface area contributed by atoms with Gasteiger partial charge in [0.2, 0.25) is 0 Å². The van der Waals surface area contributed by atoms with Crippen LogP contribution in [0.4, 0.5) is 5.69 Å². The zero-order valence-electron chi connectivity index (χ0n) is 10.1. The van der Waals surface area contributed by atoms with Gasteiger partial charge in [-0.25, -0.2) is 0 Å². The van der Waals surface area contributed by atoms with Gasteiger partial charge in [-0.05, 0) is 48.9 Å². The molecule has 3 N–H and O–H groups in total. The summed E-state index contributed by atoms with van der Waals surface area (Å²) in [5, 5.41) is 21.3. The van der Waals surface area contributed by atoms with Crippen LogP contribution < -0.4 is 5.32 Å². The fourth-order valence-electron chi connectivity index (χ4n) is 1.68. The molecule has 0 saturated heterocycles. The van der Waals surface area contributed by atoms with Crippen LogP contribution in [-0.2, 0) is 0 Å². The van der Waals surface area contributed by atoms with Crippen LogP contribution >= 0.6 is 15.9 Å². The number of carbonyl (C=O) groups is 1. The number of halogens is 1. The zero-order chi connectivity index (χ0) is 14.0. The van der Waals surface area contributed by atoms with Gasteiger partial charge in [-0.3, -0.25) is 4.79 Å². The third-order valence-electron chi connectivity index (χ3n) is 2.54. The summed E-state index contributed by atoms with van der Waals surface area (Å²) in [6.45, 7) is 1.92. The van der Waals surface area contributed by atoms with Gasteiger partial charge in [-0.2, -0.15) is 0 Å². The van der Waals surface area contributed by atoms with Crippen molar-refractivity contribution in [2.75, 3.05) is 5.32 Å². The van der Waals surface area contributed by atoms with Crippen molar-refractivity contribution in [2.45, 2.75) is 6.92 Å². The van der Waals surface area contributed by atoms with E-state index in [-0.39, 0.29) is 23.0 Å². The van der Waals surface area contributed by atoms with Crippen molar-refractivity contribution in [1.82, 2.24) is 0 Å². The molecule has 2 aromatic carbocycles. The van der Waals surface area contributed by atoms with Crippen LogP contribution in [0.25, 0.3) is 0 Å². The molecule has 0 saturated carbocycles. The Balaban J connectivity index is 2.22. The van der Waals surface area contributed by atoms with E-state index in [2.05, 4.69) is 21.2 Å². The minimum absolute atomic E-state index is 0.255. The number of hydrogen-bond donors (Lipinski definition) is 3. The molecule has 0 aliphatic carbocycles. The van der Waals surface area contributed by atoms with Gasteiger partial charge in [0.25, 0.3) is 5.91 Å². The van der Waals surface area contributed by atoms with E-state index in [0.29, 0.717) is 5.69 Å². The molecule has 0 atom stereocenters. The Kier molecular flexibility index (Phi) is 3.76. The fourth-order valence-corrected chi connectivity index (χ4v) is 2.28. The normalized spacial score (nSPS) is 10.2. The molecule has 2 aromatic rings. The van der Waals surface area contributed by atoms with Crippen LogP contribution in [0.3, 0.4) is 0 Å². The average Bonchev–Trinajstić information content (AvgIpc) is 2.31. The molecule has 0 aromatic heterocycles. The third kappa shape index (κ3) is 3.26. The van der Waals surface area contributed by atoms with E-state index in [0.717, 1.165) is 10.0 Å². The van der Waals surface area contributed by atoms with Gasteiger partial charge in [-0.15, -0.1) is 0 Å². The molecule has 98 valence electrons. The van der Waals surface area contributed by atoms with Crippen molar-refractivity contribution in [3.63, 3.8) is 0 Å². The van der Waals surface area contributed by atoms with E-state index >= 15 is 0 Å². The number of hydrogen-bond acceptors (Lipinski definition) is 3. The first kappa shape index (κ1) is 13.4. The average molecular weight is 322 g/mol. The number of aromatic hydroxyl groups is 2. The van der Waals surface area contributed by atoms with Gasteiger partial charge in [0.05, 0.1) is 0 Å². The van der Waals surface area contributed by atoms with Crippen LogP contribution in [0.2, 0.25) is 0 Å². The number of phenolic OH excluding ortho intramolecular Hbond substituents is 2. The van der Waals surface area contributed by atoms with E-state index < -0.39 is 0 Å². The second-order valence-corrected chi connectivity index (χ2v) is 5.09. The van der Waals surface area contributed by atoms with Crippen molar-refractivity contribution >= 4 is 27.5 Å². The molecular weight excluding hydrogens is 310 g/mol. The molecular formula is C14H12BrNO3. The van der Waals surface area contributed by atoms with Gasteiger partial charge in [-0.1, -0.05) is 15.9 Å². The monoisotopic (exact) mass is 321 g/mol. The second kappa shape index (κ2) is 5.32. The van der Waals surface area contributed by atoms with E-state index in [1.165, 1.54) is 18.2 Å². The summed E-state index contributed by atoms with van der Waals surface area (Å²) < 4.78 is 0.872. The number of aryl methyl sites for hydroxylation is 1.